The molecule has 2 N–H and O–H groups in total. The summed E-state index contributed by atoms with van der Waals surface area (Å²) in [6.45, 7) is 9.27. The third kappa shape index (κ3) is 6.61. The maximum absolute atomic E-state index is 5.76. The summed E-state index contributed by atoms with van der Waals surface area (Å²) in [5, 5.41) is 4.30. The third-order valence-electron chi connectivity index (χ3n) is 5.65. The fourth-order valence-electron chi connectivity index (χ4n) is 4.04. The Bertz CT molecular complexity index is 707. The molecule has 29 heavy (non-hydrogen) atoms. The Hall–Kier alpha value is -1.79. The van der Waals surface area contributed by atoms with Gasteiger partial charge in [0, 0.05) is 13.0 Å². The lowest BCUT2D eigenvalue weighted by Crippen LogP contribution is -3.17. The molecule has 1 aliphatic carbocycles. The molecule has 1 aromatic carbocycles. The zero-order chi connectivity index (χ0) is 20.5. The summed E-state index contributed by atoms with van der Waals surface area (Å²) in [6, 6.07) is 6.26. The highest BCUT2D eigenvalue weighted by atomic mass is 32.1. The van der Waals surface area contributed by atoms with E-state index in [1.54, 1.807) is 10.5 Å². The van der Waals surface area contributed by atoms with E-state index >= 15 is 0 Å². The SMILES string of the molecule is CCOc1ccc(CCN2C[NH+](CCC3=CCCCC3)CNC2=S)cc1OCC. The standard InChI is InChI=1S/C23H35N3O2S/c1-3-27-21-11-10-20(16-22(21)28-4-2)13-15-26-18-25(17-24-23(26)29)14-12-19-8-6-5-7-9-19/h8,10-11,16H,3-7,9,12-15,17-18H2,1-2H3,(H,24,29)/p+1. The zero-order valence-electron chi connectivity index (χ0n) is 18.0. The highest BCUT2D eigenvalue weighted by molar-refractivity contribution is 7.80. The van der Waals surface area contributed by atoms with Crippen LogP contribution < -0.4 is 19.7 Å². The Kier molecular flexibility index (Phi) is 8.62. The Balaban J connectivity index is 1.52. The number of quaternary nitrogens is 1. The number of hydrogen-bond donors (Lipinski definition) is 2. The van der Waals surface area contributed by atoms with Gasteiger partial charge >= 0.3 is 0 Å². The van der Waals surface area contributed by atoms with Crippen LogP contribution in [0.5, 0.6) is 11.5 Å². The van der Waals surface area contributed by atoms with Gasteiger partial charge in [0.25, 0.3) is 0 Å². The minimum atomic E-state index is 0.637. The zero-order valence-corrected chi connectivity index (χ0v) is 18.8. The van der Waals surface area contributed by atoms with E-state index in [1.807, 2.05) is 19.9 Å². The molecular weight excluding hydrogens is 382 g/mol. The predicted molar refractivity (Wildman–Crippen MR) is 122 cm³/mol. The van der Waals surface area contributed by atoms with Gasteiger partial charge in [0.05, 0.1) is 19.8 Å². The van der Waals surface area contributed by atoms with Crippen LogP contribution >= 0.6 is 12.2 Å². The second kappa shape index (κ2) is 11.4. The van der Waals surface area contributed by atoms with Crippen LogP contribution in [0.4, 0.5) is 0 Å². The topological polar surface area (TPSA) is 38.2 Å². The van der Waals surface area contributed by atoms with Crippen molar-refractivity contribution in [3.05, 3.63) is 35.4 Å². The quantitative estimate of drug-likeness (QED) is 0.452. The van der Waals surface area contributed by atoms with Gasteiger partial charge in [0.1, 0.15) is 0 Å². The van der Waals surface area contributed by atoms with Crippen molar-refractivity contribution in [2.24, 2.45) is 0 Å². The Labute approximate surface area is 181 Å². The molecule has 1 aromatic rings. The summed E-state index contributed by atoms with van der Waals surface area (Å²) in [7, 11) is 0. The first-order valence-corrected chi connectivity index (χ1v) is 11.5. The third-order valence-corrected chi connectivity index (χ3v) is 6.06. The van der Waals surface area contributed by atoms with Crippen LogP contribution in [0.1, 0.15) is 51.5 Å². The fourth-order valence-corrected chi connectivity index (χ4v) is 4.27. The van der Waals surface area contributed by atoms with Crippen LogP contribution in [0.2, 0.25) is 0 Å². The highest BCUT2D eigenvalue weighted by Crippen LogP contribution is 2.28. The summed E-state index contributed by atoms with van der Waals surface area (Å²) in [5.74, 6) is 1.65. The van der Waals surface area contributed by atoms with Crippen molar-refractivity contribution in [1.82, 2.24) is 10.2 Å². The van der Waals surface area contributed by atoms with Gasteiger partial charge in [-0.05, 0) is 75.9 Å². The molecule has 6 heteroatoms. The van der Waals surface area contributed by atoms with Crippen LogP contribution in [-0.2, 0) is 6.42 Å². The van der Waals surface area contributed by atoms with Gasteiger partial charge in [0.2, 0.25) is 0 Å². The van der Waals surface area contributed by atoms with Gasteiger partial charge in [0.15, 0.2) is 29.9 Å². The van der Waals surface area contributed by atoms with Crippen molar-refractivity contribution in [2.75, 3.05) is 39.6 Å². The second-order valence-corrected chi connectivity index (χ2v) is 8.22. The van der Waals surface area contributed by atoms with Crippen LogP contribution in [0.3, 0.4) is 0 Å². The summed E-state index contributed by atoms with van der Waals surface area (Å²) in [5.41, 5.74) is 2.90. The molecule has 0 bridgehead atoms. The van der Waals surface area contributed by atoms with Gasteiger partial charge in [-0.15, -0.1) is 0 Å². The first-order valence-electron chi connectivity index (χ1n) is 11.1. The van der Waals surface area contributed by atoms with Crippen molar-refractivity contribution in [3.63, 3.8) is 0 Å². The maximum Gasteiger partial charge on any atom is 0.177 e. The number of nitrogens with one attached hydrogen (secondary N) is 2. The van der Waals surface area contributed by atoms with Crippen molar-refractivity contribution >= 4 is 17.3 Å². The van der Waals surface area contributed by atoms with Gasteiger partial charge in [-0.3, -0.25) is 0 Å². The number of thiocarbonyl (C=S) groups is 1. The molecule has 0 saturated carbocycles. The second-order valence-electron chi connectivity index (χ2n) is 7.84. The molecule has 5 nitrogen and oxygen atoms in total. The van der Waals surface area contributed by atoms with E-state index in [0.29, 0.717) is 13.2 Å². The molecule has 3 rings (SSSR count). The smallest absolute Gasteiger partial charge is 0.177 e. The maximum atomic E-state index is 5.76. The molecule has 160 valence electrons. The van der Waals surface area contributed by atoms with E-state index in [0.717, 1.165) is 42.9 Å². The van der Waals surface area contributed by atoms with Crippen molar-refractivity contribution < 1.29 is 14.4 Å². The molecular formula is C23H36N3O2S+. The fraction of sp³-hybridized carbons (Fsp3) is 0.609. The molecule has 1 atom stereocenters. The van der Waals surface area contributed by atoms with Crippen molar-refractivity contribution in [3.8, 4) is 11.5 Å². The number of ether oxygens (including phenoxy) is 2. The Morgan fingerprint density at radius 3 is 2.69 bits per heavy atom. The lowest BCUT2D eigenvalue weighted by molar-refractivity contribution is -0.913. The minimum absolute atomic E-state index is 0.637. The molecule has 2 aliphatic rings. The van der Waals surface area contributed by atoms with E-state index < -0.39 is 0 Å². The first kappa shape index (κ1) is 21.9. The van der Waals surface area contributed by atoms with E-state index in [-0.39, 0.29) is 0 Å². The van der Waals surface area contributed by atoms with Crippen LogP contribution in [0, 0.1) is 0 Å². The largest absolute Gasteiger partial charge is 0.490 e. The van der Waals surface area contributed by atoms with Crippen LogP contribution in [0.15, 0.2) is 29.8 Å². The molecule has 1 unspecified atom stereocenters. The van der Waals surface area contributed by atoms with Gasteiger partial charge < -0.3 is 24.6 Å². The normalized spacial score (nSPS) is 19.5. The highest BCUT2D eigenvalue weighted by Gasteiger charge is 2.23. The van der Waals surface area contributed by atoms with Gasteiger partial charge in [-0.2, -0.15) is 0 Å². The average Bonchev–Trinajstić information content (AvgIpc) is 2.75. The molecule has 0 aromatic heterocycles. The number of rotatable bonds is 10. The summed E-state index contributed by atoms with van der Waals surface area (Å²) < 4.78 is 11.4. The van der Waals surface area contributed by atoms with Crippen molar-refractivity contribution in [2.45, 2.75) is 52.4 Å². The predicted octanol–water partition coefficient (Wildman–Crippen LogP) is 2.91. The van der Waals surface area contributed by atoms with Crippen molar-refractivity contribution in [1.29, 1.82) is 0 Å². The average molecular weight is 419 g/mol. The summed E-state index contributed by atoms with van der Waals surface area (Å²) in [4.78, 5) is 3.87. The monoisotopic (exact) mass is 418 g/mol. The van der Waals surface area contributed by atoms with E-state index in [9.17, 15) is 0 Å². The van der Waals surface area contributed by atoms with Crippen LogP contribution in [0.25, 0.3) is 0 Å². The number of allylic oxidation sites excluding steroid dienone is 1. The molecule has 1 heterocycles. The summed E-state index contributed by atoms with van der Waals surface area (Å²) >= 11 is 5.57. The van der Waals surface area contributed by atoms with Gasteiger partial charge in [-0.25, -0.2) is 0 Å². The summed E-state index contributed by atoms with van der Waals surface area (Å²) in [6.07, 6.45) is 9.90. The molecule has 0 spiro atoms. The number of hydrogen-bond acceptors (Lipinski definition) is 3. The number of benzene rings is 1. The first-order chi connectivity index (χ1) is 14.2. The Morgan fingerprint density at radius 2 is 1.93 bits per heavy atom. The molecule has 1 fully saturated rings. The minimum Gasteiger partial charge on any atom is -0.490 e. The van der Waals surface area contributed by atoms with E-state index in [1.165, 1.54) is 44.2 Å². The van der Waals surface area contributed by atoms with Gasteiger partial charge in [-0.1, -0.05) is 17.7 Å². The molecule has 1 aliphatic heterocycles. The lowest BCUT2D eigenvalue weighted by atomic mass is 9.97. The molecule has 0 amide bonds. The van der Waals surface area contributed by atoms with E-state index in [2.05, 4.69) is 28.4 Å². The van der Waals surface area contributed by atoms with Crippen LogP contribution in [-0.4, -0.2) is 49.7 Å². The molecule has 1 saturated heterocycles. The Morgan fingerprint density at radius 1 is 1.10 bits per heavy atom. The molecule has 0 radical (unpaired) electrons. The lowest BCUT2D eigenvalue weighted by Gasteiger charge is -2.35. The number of nitrogens with zero attached hydrogens (tertiary/aromatic N) is 1. The van der Waals surface area contributed by atoms with E-state index in [4.69, 9.17) is 21.7 Å².